The van der Waals surface area contributed by atoms with Crippen LogP contribution in [0, 0.1) is 5.41 Å². The molecule has 0 fully saturated rings. The highest BCUT2D eigenvalue weighted by Gasteiger charge is 2.27. The number of hydrogen-bond acceptors (Lipinski definition) is 3. The minimum absolute atomic E-state index is 0.181. The molecule has 0 unspecified atom stereocenters. The summed E-state index contributed by atoms with van der Waals surface area (Å²) in [5, 5.41) is 2.64. The first-order valence-corrected chi connectivity index (χ1v) is 6.55. The normalized spacial score (nSPS) is 15.1. The van der Waals surface area contributed by atoms with Crippen molar-refractivity contribution in [1.29, 1.82) is 0 Å². The molecule has 15 heavy (non-hydrogen) atoms. The first-order chi connectivity index (χ1) is 6.59. The highest BCUT2D eigenvalue weighted by atomic mass is 32.2. The van der Waals surface area contributed by atoms with Crippen LogP contribution in [0.15, 0.2) is 0 Å². The number of carbonyl (C=O) groups is 1. The fourth-order valence-electron chi connectivity index (χ4n) is 1.05. The summed E-state index contributed by atoms with van der Waals surface area (Å²) in [5.74, 6) is 0. The molecule has 6 heteroatoms. The molecular formula is C9H20N2O3S. The quantitative estimate of drug-likeness (QED) is 0.685. The minimum Gasteiger partial charge on any atom is -0.354 e. The Bertz CT molecular complexity index is 306. The van der Waals surface area contributed by atoms with E-state index >= 15 is 0 Å². The molecule has 1 amide bonds. The number of likely N-dealkylation sites (N-methyl/N-ethyl adjacent to an activating group) is 1. The summed E-state index contributed by atoms with van der Waals surface area (Å²) in [6.45, 7) is 6.12. The Morgan fingerprint density at radius 2 is 1.87 bits per heavy atom. The van der Waals surface area contributed by atoms with Crippen LogP contribution < -0.4 is 5.32 Å². The van der Waals surface area contributed by atoms with Crippen molar-refractivity contribution in [2.75, 3.05) is 19.8 Å². The minimum atomic E-state index is -3.20. The second-order valence-electron chi connectivity index (χ2n) is 4.75. The summed E-state index contributed by atoms with van der Waals surface area (Å²) in [6.07, 6.45) is 1.75. The van der Waals surface area contributed by atoms with Gasteiger partial charge in [-0.15, -0.1) is 0 Å². The molecule has 0 heterocycles. The van der Waals surface area contributed by atoms with Gasteiger partial charge in [-0.1, -0.05) is 20.8 Å². The van der Waals surface area contributed by atoms with Gasteiger partial charge in [-0.3, -0.25) is 4.79 Å². The second kappa shape index (κ2) is 4.94. The molecule has 0 radical (unpaired) electrons. The van der Waals surface area contributed by atoms with E-state index in [1.165, 1.54) is 11.4 Å². The average molecular weight is 236 g/mol. The lowest BCUT2D eigenvalue weighted by molar-refractivity contribution is -0.110. The van der Waals surface area contributed by atoms with Gasteiger partial charge in [-0.05, 0) is 5.41 Å². The summed E-state index contributed by atoms with van der Waals surface area (Å²) in [5.41, 5.74) is -0.181. The Kier molecular flexibility index (Phi) is 4.73. The smallest absolute Gasteiger partial charge is 0.211 e. The first kappa shape index (κ1) is 14.4. The standard InChI is InChI=1S/C9H20N2O3S/c1-9(2,3)8(10-7-12)6-11(4)15(5,13)14/h7-8H,6H2,1-5H3,(H,10,12)/t8-/m1/s1. The highest BCUT2D eigenvalue weighted by Crippen LogP contribution is 2.20. The Labute approximate surface area is 91.9 Å². The monoisotopic (exact) mass is 236 g/mol. The van der Waals surface area contributed by atoms with E-state index in [0.717, 1.165) is 6.26 Å². The molecule has 90 valence electrons. The second-order valence-corrected chi connectivity index (χ2v) is 6.84. The lowest BCUT2D eigenvalue weighted by Gasteiger charge is -2.32. The van der Waals surface area contributed by atoms with E-state index in [4.69, 9.17) is 0 Å². The van der Waals surface area contributed by atoms with Gasteiger partial charge in [0.2, 0.25) is 16.4 Å². The van der Waals surface area contributed by atoms with Gasteiger partial charge in [-0.25, -0.2) is 12.7 Å². The summed E-state index contributed by atoms with van der Waals surface area (Å²) in [6, 6.07) is -0.199. The van der Waals surface area contributed by atoms with Gasteiger partial charge in [0, 0.05) is 19.6 Å². The molecule has 0 aliphatic heterocycles. The maximum atomic E-state index is 11.2. The Balaban J connectivity index is 4.63. The van der Waals surface area contributed by atoms with E-state index in [0.29, 0.717) is 6.41 Å². The van der Waals surface area contributed by atoms with E-state index in [1.807, 2.05) is 20.8 Å². The van der Waals surface area contributed by atoms with Crippen LogP contribution in [0.4, 0.5) is 0 Å². The third-order valence-electron chi connectivity index (χ3n) is 2.32. The molecular weight excluding hydrogens is 216 g/mol. The molecule has 1 atom stereocenters. The number of amides is 1. The van der Waals surface area contributed by atoms with Gasteiger partial charge in [0.15, 0.2) is 0 Å². The number of rotatable bonds is 5. The molecule has 0 aromatic heterocycles. The predicted octanol–water partition coefficient (Wildman–Crippen LogP) is 0.0385. The van der Waals surface area contributed by atoms with Crippen molar-refractivity contribution in [3.05, 3.63) is 0 Å². The van der Waals surface area contributed by atoms with Crippen molar-refractivity contribution in [2.45, 2.75) is 26.8 Å². The van der Waals surface area contributed by atoms with Crippen LogP contribution in [0.5, 0.6) is 0 Å². The maximum absolute atomic E-state index is 11.2. The van der Waals surface area contributed by atoms with Gasteiger partial charge in [0.25, 0.3) is 0 Å². The molecule has 0 aromatic carbocycles. The average Bonchev–Trinajstić information content (AvgIpc) is 1.99. The Morgan fingerprint density at radius 1 is 1.40 bits per heavy atom. The summed E-state index contributed by atoms with van der Waals surface area (Å²) in [7, 11) is -1.70. The van der Waals surface area contributed by atoms with Crippen LogP contribution in [-0.4, -0.2) is 45.0 Å². The van der Waals surface area contributed by atoms with Crippen LogP contribution in [-0.2, 0) is 14.8 Å². The molecule has 1 N–H and O–H groups in total. The number of nitrogens with zero attached hydrogens (tertiary/aromatic N) is 1. The van der Waals surface area contributed by atoms with Crippen LogP contribution in [0.25, 0.3) is 0 Å². The maximum Gasteiger partial charge on any atom is 0.211 e. The molecule has 0 aromatic rings. The topological polar surface area (TPSA) is 66.5 Å². The van der Waals surface area contributed by atoms with Gasteiger partial charge in [0.05, 0.1) is 6.26 Å². The number of nitrogens with one attached hydrogen (secondary N) is 1. The van der Waals surface area contributed by atoms with Gasteiger partial charge >= 0.3 is 0 Å². The molecule has 0 rings (SSSR count). The number of sulfonamides is 1. The van der Waals surface area contributed by atoms with Gasteiger partial charge in [0.1, 0.15) is 0 Å². The molecule has 0 bridgehead atoms. The van der Waals surface area contributed by atoms with E-state index in [9.17, 15) is 13.2 Å². The first-order valence-electron chi connectivity index (χ1n) is 4.70. The zero-order chi connectivity index (χ0) is 12.3. The SMILES string of the molecule is CN(C[C@@H](NC=O)C(C)(C)C)S(C)(=O)=O. The third kappa shape index (κ3) is 5.13. The van der Waals surface area contributed by atoms with E-state index in [-0.39, 0.29) is 18.0 Å². The van der Waals surface area contributed by atoms with Crippen LogP contribution in [0.1, 0.15) is 20.8 Å². The van der Waals surface area contributed by atoms with Crippen LogP contribution in [0.3, 0.4) is 0 Å². The highest BCUT2D eigenvalue weighted by molar-refractivity contribution is 7.88. The third-order valence-corrected chi connectivity index (χ3v) is 3.60. The fraction of sp³-hybridized carbons (Fsp3) is 0.889. The zero-order valence-corrected chi connectivity index (χ0v) is 10.8. The Morgan fingerprint density at radius 3 is 2.13 bits per heavy atom. The summed E-state index contributed by atoms with van der Waals surface area (Å²) >= 11 is 0. The molecule has 0 spiro atoms. The van der Waals surface area contributed by atoms with Crippen LogP contribution >= 0.6 is 0 Å². The van der Waals surface area contributed by atoms with E-state index < -0.39 is 10.0 Å². The van der Waals surface area contributed by atoms with Crippen molar-refractivity contribution >= 4 is 16.4 Å². The summed E-state index contributed by atoms with van der Waals surface area (Å²) < 4.78 is 23.7. The van der Waals surface area contributed by atoms with E-state index in [2.05, 4.69) is 5.32 Å². The van der Waals surface area contributed by atoms with Crippen molar-refractivity contribution in [1.82, 2.24) is 9.62 Å². The van der Waals surface area contributed by atoms with Crippen LogP contribution in [0.2, 0.25) is 0 Å². The van der Waals surface area contributed by atoms with Crippen molar-refractivity contribution in [2.24, 2.45) is 5.41 Å². The lowest BCUT2D eigenvalue weighted by Crippen LogP contribution is -2.48. The van der Waals surface area contributed by atoms with Gasteiger partial charge < -0.3 is 5.32 Å². The van der Waals surface area contributed by atoms with E-state index in [1.54, 1.807) is 0 Å². The zero-order valence-electron chi connectivity index (χ0n) is 9.94. The molecule has 0 saturated carbocycles. The van der Waals surface area contributed by atoms with Crippen molar-refractivity contribution in [3.8, 4) is 0 Å². The number of hydrogen-bond donors (Lipinski definition) is 1. The molecule has 0 saturated heterocycles. The Hall–Kier alpha value is -0.620. The predicted molar refractivity (Wildman–Crippen MR) is 59.9 cm³/mol. The molecule has 0 aliphatic carbocycles. The largest absolute Gasteiger partial charge is 0.354 e. The number of carbonyl (C=O) groups excluding carboxylic acids is 1. The summed E-state index contributed by atoms with van der Waals surface area (Å²) in [4.78, 5) is 10.4. The lowest BCUT2D eigenvalue weighted by atomic mass is 9.87. The van der Waals surface area contributed by atoms with Crippen molar-refractivity contribution < 1.29 is 13.2 Å². The van der Waals surface area contributed by atoms with Gasteiger partial charge in [-0.2, -0.15) is 0 Å². The fourth-order valence-corrected chi connectivity index (χ4v) is 1.47. The van der Waals surface area contributed by atoms with Crippen molar-refractivity contribution in [3.63, 3.8) is 0 Å². The molecule has 5 nitrogen and oxygen atoms in total. The molecule has 0 aliphatic rings.